The van der Waals surface area contributed by atoms with Gasteiger partial charge in [0.05, 0.1) is 4.90 Å². The molecular weight excluding hydrogens is 414 g/mol. The van der Waals surface area contributed by atoms with Gasteiger partial charge in [-0.2, -0.15) is 0 Å². The Morgan fingerprint density at radius 1 is 0.871 bits per heavy atom. The summed E-state index contributed by atoms with van der Waals surface area (Å²) in [5.74, 6) is -0.0740. The van der Waals surface area contributed by atoms with Gasteiger partial charge in [-0.15, -0.1) is 0 Å². The smallest absolute Gasteiger partial charge is 0.261 e. The van der Waals surface area contributed by atoms with E-state index in [-0.39, 0.29) is 22.6 Å². The molecule has 1 aliphatic rings. The van der Waals surface area contributed by atoms with E-state index in [4.69, 9.17) is 0 Å². The van der Waals surface area contributed by atoms with Crippen molar-refractivity contribution in [3.05, 3.63) is 59.2 Å². The summed E-state index contributed by atoms with van der Waals surface area (Å²) >= 11 is 0. The molecule has 1 heterocycles. The molecule has 0 aliphatic carbocycles. The first-order valence-corrected chi connectivity index (χ1v) is 11.8. The first-order valence-electron chi connectivity index (χ1n) is 10.4. The van der Waals surface area contributed by atoms with Crippen LogP contribution >= 0.6 is 0 Å². The molecule has 2 aromatic carbocycles. The molecule has 166 valence electrons. The molecule has 2 amide bonds. The largest absolute Gasteiger partial charge is 0.339 e. The fourth-order valence-corrected chi connectivity index (χ4v) is 4.60. The predicted molar refractivity (Wildman–Crippen MR) is 120 cm³/mol. The Hall–Kier alpha value is -2.87. The summed E-state index contributed by atoms with van der Waals surface area (Å²) in [5, 5.41) is 0. The topological polar surface area (TPSA) is 86.8 Å². The fourth-order valence-electron chi connectivity index (χ4n) is 3.45. The summed E-state index contributed by atoms with van der Waals surface area (Å²) in [6.07, 6.45) is 0. The zero-order valence-corrected chi connectivity index (χ0v) is 19.2. The molecule has 0 saturated carbocycles. The van der Waals surface area contributed by atoms with Crippen molar-refractivity contribution < 1.29 is 18.0 Å². The minimum absolute atomic E-state index is 0.0533. The molecule has 1 N–H and O–H groups in total. The fraction of sp³-hybridized carbons (Fsp3) is 0.391. The molecule has 0 atom stereocenters. The van der Waals surface area contributed by atoms with Crippen molar-refractivity contribution in [2.75, 3.05) is 30.9 Å². The maximum Gasteiger partial charge on any atom is 0.261 e. The lowest BCUT2D eigenvalue weighted by Crippen LogP contribution is -2.51. The van der Waals surface area contributed by atoms with Crippen LogP contribution in [0, 0.1) is 19.8 Å². The van der Waals surface area contributed by atoms with E-state index < -0.39 is 10.0 Å². The van der Waals surface area contributed by atoms with Crippen LogP contribution in [0.3, 0.4) is 0 Å². The Balaban J connectivity index is 1.64. The molecular formula is C23H29N3O4S. The minimum atomic E-state index is -3.71. The molecule has 1 aliphatic heterocycles. The van der Waals surface area contributed by atoms with Gasteiger partial charge in [0.25, 0.3) is 15.9 Å². The first kappa shape index (κ1) is 22.8. The Kier molecular flexibility index (Phi) is 6.69. The number of sulfonamides is 1. The number of carbonyl (C=O) groups excluding carboxylic acids is 2. The van der Waals surface area contributed by atoms with Crippen LogP contribution in [-0.2, 0) is 14.8 Å². The zero-order chi connectivity index (χ0) is 22.8. The van der Waals surface area contributed by atoms with Crippen LogP contribution < -0.4 is 4.72 Å². The molecule has 0 radical (unpaired) electrons. The molecule has 0 aromatic heterocycles. The molecule has 8 heteroatoms. The Labute approximate surface area is 184 Å². The monoisotopic (exact) mass is 443 g/mol. The van der Waals surface area contributed by atoms with Crippen LogP contribution in [0.15, 0.2) is 47.4 Å². The second kappa shape index (κ2) is 9.09. The number of piperazine rings is 1. The highest BCUT2D eigenvalue weighted by atomic mass is 32.2. The zero-order valence-electron chi connectivity index (χ0n) is 18.4. The van der Waals surface area contributed by atoms with Gasteiger partial charge in [0, 0.05) is 43.3 Å². The second-order valence-electron chi connectivity index (χ2n) is 8.20. The average Bonchev–Trinajstić information content (AvgIpc) is 2.75. The Bertz CT molecular complexity index is 1070. The van der Waals surface area contributed by atoms with Crippen molar-refractivity contribution in [2.24, 2.45) is 5.92 Å². The highest BCUT2D eigenvalue weighted by molar-refractivity contribution is 7.92. The van der Waals surface area contributed by atoms with E-state index in [1.54, 1.807) is 52.3 Å². The number of hydrogen-bond donors (Lipinski definition) is 1. The lowest BCUT2D eigenvalue weighted by molar-refractivity contribution is -0.135. The standard InChI is InChI=1S/C23H29N3O4S/c1-16(2)22(27)25-11-13-26(14-12-25)23(28)19-6-8-20(9-7-19)24-31(29,30)21-10-5-17(3)18(4)15-21/h5-10,15-16,24H,11-14H2,1-4H3. The van der Waals surface area contributed by atoms with Gasteiger partial charge in [-0.25, -0.2) is 8.42 Å². The molecule has 3 rings (SSSR count). The van der Waals surface area contributed by atoms with E-state index in [1.807, 2.05) is 27.7 Å². The number of amides is 2. The molecule has 7 nitrogen and oxygen atoms in total. The highest BCUT2D eigenvalue weighted by Crippen LogP contribution is 2.20. The van der Waals surface area contributed by atoms with E-state index >= 15 is 0 Å². The van der Waals surface area contributed by atoms with Crippen molar-refractivity contribution in [2.45, 2.75) is 32.6 Å². The average molecular weight is 444 g/mol. The normalized spacial score (nSPS) is 14.6. The number of aryl methyl sites for hydroxylation is 2. The molecule has 0 bridgehead atoms. The van der Waals surface area contributed by atoms with Crippen LogP contribution in [0.4, 0.5) is 5.69 Å². The SMILES string of the molecule is Cc1ccc(S(=O)(=O)Nc2ccc(C(=O)N3CCN(C(=O)C(C)C)CC3)cc2)cc1C. The maximum absolute atomic E-state index is 12.8. The Morgan fingerprint density at radius 2 is 1.45 bits per heavy atom. The van der Waals surface area contributed by atoms with Gasteiger partial charge in [-0.05, 0) is 61.4 Å². The molecule has 2 aromatic rings. The molecule has 0 unspecified atom stereocenters. The summed E-state index contributed by atoms with van der Waals surface area (Å²) in [5.41, 5.74) is 2.80. The molecule has 1 saturated heterocycles. The van der Waals surface area contributed by atoms with E-state index in [2.05, 4.69) is 4.72 Å². The summed E-state index contributed by atoms with van der Waals surface area (Å²) in [6, 6.07) is 11.4. The summed E-state index contributed by atoms with van der Waals surface area (Å²) in [6.45, 7) is 9.56. The minimum Gasteiger partial charge on any atom is -0.339 e. The van der Waals surface area contributed by atoms with E-state index in [0.29, 0.717) is 37.4 Å². The molecule has 0 spiro atoms. The number of nitrogens with zero attached hydrogens (tertiary/aromatic N) is 2. The van der Waals surface area contributed by atoms with Gasteiger partial charge in [0.15, 0.2) is 0 Å². The maximum atomic E-state index is 12.8. The lowest BCUT2D eigenvalue weighted by atomic mass is 10.1. The van der Waals surface area contributed by atoms with Crippen LogP contribution in [0.5, 0.6) is 0 Å². The number of nitrogens with one attached hydrogen (secondary N) is 1. The third-order valence-corrected chi connectivity index (χ3v) is 6.92. The second-order valence-corrected chi connectivity index (χ2v) is 9.88. The number of hydrogen-bond acceptors (Lipinski definition) is 4. The van der Waals surface area contributed by atoms with Crippen molar-refractivity contribution >= 4 is 27.5 Å². The molecule has 1 fully saturated rings. The van der Waals surface area contributed by atoms with E-state index in [0.717, 1.165) is 11.1 Å². The van der Waals surface area contributed by atoms with Crippen molar-refractivity contribution in [1.82, 2.24) is 9.80 Å². The van der Waals surface area contributed by atoms with Crippen LogP contribution in [0.2, 0.25) is 0 Å². The number of rotatable bonds is 5. The van der Waals surface area contributed by atoms with Crippen LogP contribution in [0.25, 0.3) is 0 Å². The van der Waals surface area contributed by atoms with Crippen LogP contribution in [0.1, 0.15) is 35.3 Å². The Morgan fingerprint density at radius 3 is 2.00 bits per heavy atom. The van der Waals surface area contributed by atoms with Gasteiger partial charge in [-0.1, -0.05) is 19.9 Å². The number of carbonyl (C=O) groups is 2. The van der Waals surface area contributed by atoms with Gasteiger partial charge >= 0.3 is 0 Å². The summed E-state index contributed by atoms with van der Waals surface area (Å²) in [7, 11) is -3.71. The predicted octanol–water partition coefficient (Wildman–Crippen LogP) is 3.04. The van der Waals surface area contributed by atoms with Gasteiger partial charge < -0.3 is 9.80 Å². The van der Waals surface area contributed by atoms with Gasteiger partial charge in [0.1, 0.15) is 0 Å². The summed E-state index contributed by atoms with van der Waals surface area (Å²) in [4.78, 5) is 28.6. The summed E-state index contributed by atoms with van der Waals surface area (Å²) < 4.78 is 27.9. The molecule has 31 heavy (non-hydrogen) atoms. The number of benzene rings is 2. The van der Waals surface area contributed by atoms with Crippen molar-refractivity contribution in [1.29, 1.82) is 0 Å². The highest BCUT2D eigenvalue weighted by Gasteiger charge is 2.26. The first-order chi connectivity index (χ1) is 14.6. The van der Waals surface area contributed by atoms with Gasteiger partial charge in [-0.3, -0.25) is 14.3 Å². The number of anilines is 1. The van der Waals surface area contributed by atoms with Crippen molar-refractivity contribution in [3.63, 3.8) is 0 Å². The van der Waals surface area contributed by atoms with E-state index in [1.165, 1.54) is 0 Å². The van der Waals surface area contributed by atoms with Gasteiger partial charge in [0.2, 0.25) is 5.91 Å². The third-order valence-electron chi connectivity index (χ3n) is 5.55. The quantitative estimate of drug-likeness (QED) is 0.770. The third kappa shape index (κ3) is 5.25. The van der Waals surface area contributed by atoms with Crippen molar-refractivity contribution in [3.8, 4) is 0 Å². The van der Waals surface area contributed by atoms with Crippen LogP contribution in [-0.4, -0.2) is 56.2 Å². The lowest BCUT2D eigenvalue weighted by Gasteiger charge is -2.35. The van der Waals surface area contributed by atoms with E-state index in [9.17, 15) is 18.0 Å².